The lowest BCUT2D eigenvalue weighted by molar-refractivity contribution is -0.274. The first-order chi connectivity index (χ1) is 12.8. The summed E-state index contributed by atoms with van der Waals surface area (Å²) in [7, 11) is 0. The van der Waals surface area contributed by atoms with Crippen LogP contribution < -0.4 is 10.1 Å². The van der Waals surface area contributed by atoms with Gasteiger partial charge in [0.1, 0.15) is 11.6 Å². The predicted molar refractivity (Wildman–Crippen MR) is 99.5 cm³/mol. The van der Waals surface area contributed by atoms with Crippen molar-refractivity contribution < 1.29 is 17.9 Å². The Kier molecular flexibility index (Phi) is 6.45. The highest BCUT2D eigenvalue weighted by Crippen LogP contribution is 2.28. The third-order valence-corrected chi connectivity index (χ3v) is 4.12. The number of alkyl halides is 3. The van der Waals surface area contributed by atoms with Gasteiger partial charge in [-0.05, 0) is 43.2 Å². The Balaban J connectivity index is 2.34. The molecule has 142 valence electrons. The van der Waals surface area contributed by atoms with Crippen molar-refractivity contribution >= 4 is 17.2 Å². The second kappa shape index (κ2) is 8.58. The van der Waals surface area contributed by atoms with Crippen LogP contribution in [0.15, 0.2) is 36.5 Å². The maximum Gasteiger partial charge on any atom is 0.573 e. The van der Waals surface area contributed by atoms with Crippen LogP contribution in [0.1, 0.15) is 37.8 Å². The minimum absolute atomic E-state index is 0.0319. The van der Waals surface area contributed by atoms with E-state index in [2.05, 4.69) is 21.0 Å². The van der Waals surface area contributed by atoms with Gasteiger partial charge in [0.15, 0.2) is 0 Å². The molecule has 1 aromatic heterocycles. The van der Waals surface area contributed by atoms with Gasteiger partial charge in [0.2, 0.25) is 0 Å². The van der Waals surface area contributed by atoms with Crippen LogP contribution in [-0.2, 0) is 0 Å². The highest BCUT2D eigenvalue weighted by Gasteiger charge is 2.31. The number of aromatic nitrogens is 1. The van der Waals surface area contributed by atoms with Gasteiger partial charge in [-0.1, -0.05) is 19.8 Å². The molecule has 0 saturated heterocycles. The van der Waals surface area contributed by atoms with Gasteiger partial charge >= 0.3 is 6.36 Å². The van der Waals surface area contributed by atoms with Crippen LogP contribution >= 0.6 is 0 Å². The number of rotatable bonds is 7. The minimum atomic E-state index is -4.74. The Morgan fingerprint density at radius 1 is 1.22 bits per heavy atom. The van der Waals surface area contributed by atoms with E-state index >= 15 is 0 Å². The van der Waals surface area contributed by atoms with Crippen molar-refractivity contribution in [2.45, 2.75) is 33.1 Å². The average Bonchev–Trinajstić information content (AvgIpc) is 2.62. The van der Waals surface area contributed by atoms with E-state index in [0.717, 1.165) is 12.8 Å². The number of nitrogens with one attached hydrogen (secondary N) is 2. The number of hydrogen-bond donors (Lipinski definition) is 2. The number of nitrogens with zero attached hydrogens (tertiary/aromatic N) is 1. The molecule has 1 aromatic carbocycles. The highest BCUT2D eigenvalue weighted by atomic mass is 19.4. The molecule has 1 heterocycles. The number of ether oxygens (including phenoxy) is 1. The van der Waals surface area contributed by atoms with Crippen LogP contribution in [0.3, 0.4) is 0 Å². The topological polar surface area (TPSA) is 58.0 Å². The number of pyridine rings is 1. The molecule has 0 bridgehead atoms. The van der Waals surface area contributed by atoms with Gasteiger partial charge in [-0.15, -0.1) is 19.6 Å². The molecule has 0 spiro atoms. The van der Waals surface area contributed by atoms with Gasteiger partial charge < -0.3 is 15.5 Å². The Morgan fingerprint density at radius 2 is 1.85 bits per heavy atom. The smallest absolute Gasteiger partial charge is 0.406 e. The molecule has 0 aliphatic heterocycles. The monoisotopic (exact) mass is 375 g/mol. The summed E-state index contributed by atoms with van der Waals surface area (Å²) < 4.78 is 40.7. The molecular formula is C20H20F3N3O. The molecule has 2 rings (SSSR count). The van der Waals surface area contributed by atoms with Crippen LogP contribution in [-0.4, -0.2) is 17.1 Å². The lowest BCUT2D eigenvalue weighted by Crippen LogP contribution is -2.17. The van der Waals surface area contributed by atoms with Crippen molar-refractivity contribution in [3.63, 3.8) is 0 Å². The summed E-state index contributed by atoms with van der Waals surface area (Å²) in [5.41, 5.74) is 1.97. The molecule has 27 heavy (non-hydrogen) atoms. The summed E-state index contributed by atoms with van der Waals surface area (Å²) >= 11 is 0. The van der Waals surface area contributed by atoms with Crippen LogP contribution in [0.5, 0.6) is 5.75 Å². The van der Waals surface area contributed by atoms with E-state index in [0.29, 0.717) is 28.3 Å². The summed E-state index contributed by atoms with van der Waals surface area (Å²) in [6.45, 7) is 4.00. The molecule has 0 atom stereocenters. The van der Waals surface area contributed by atoms with E-state index in [-0.39, 0.29) is 11.7 Å². The van der Waals surface area contributed by atoms with E-state index in [1.54, 1.807) is 6.07 Å². The SMILES string of the molecule is C#Cc1ccnc(Nc2ccc(OC(F)(F)F)cc2)c1C(=N)C(CC)CC. The predicted octanol–water partition coefficient (Wildman–Crippen LogP) is 5.51. The van der Waals surface area contributed by atoms with Crippen molar-refractivity contribution in [3.8, 4) is 18.1 Å². The molecule has 0 unspecified atom stereocenters. The second-order valence-corrected chi connectivity index (χ2v) is 5.85. The highest BCUT2D eigenvalue weighted by molar-refractivity contribution is 6.06. The van der Waals surface area contributed by atoms with Gasteiger partial charge in [-0.25, -0.2) is 4.98 Å². The maximum absolute atomic E-state index is 12.3. The fourth-order valence-electron chi connectivity index (χ4n) is 2.73. The Hall–Kier alpha value is -3.01. The molecule has 4 nitrogen and oxygen atoms in total. The molecular weight excluding hydrogens is 355 g/mol. The molecule has 0 aliphatic carbocycles. The maximum atomic E-state index is 12.3. The Bertz CT molecular complexity index is 835. The van der Waals surface area contributed by atoms with E-state index in [4.69, 9.17) is 11.8 Å². The Morgan fingerprint density at radius 3 is 2.37 bits per heavy atom. The first-order valence-corrected chi connectivity index (χ1v) is 8.46. The zero-order valence-corrected chi connectivity index (χ0v) is 15.0. The van der Waals surface area contributed by atoms with E-state index in [9.17, 15) is 13.2 Å². The van der Waals surface area contributed by atoms with Crippen molar-refractivity contribution in [2.24, 2.45) is 5.92 Å². The standard InChI is InChI=1S/C20H20F3N3O/c1-4-13(5-2)18(24)17-14(6-3)11-12-25-19(17)26-15-7-9-16(10-8-15)27-20(21,22)23/h3,7-13,24H,4-5H2,1-2H3,(H,25,26). The lowest BCUT2D eigenvalue weighted by atomic mass is 9.90. The fourth-order valence-corrected chi connectivity index (χ4v) is 2.73. The van der Waals surface area contributed by atoms with Gasteiger partial charge in [0.25, 0.3) is 0 Å². The van der Waals surface area contributed by atoms with Crippen molar-refractivity contribution in [3.05, 3.63) is 47.7 Å². The van der Waals surface area contributed by atoms with Crippen LogP contribution in [0.25, 0.3) is 0 Å². The average molecular weight is 375 g/mol. The lowest BCUT2D eigenvalue weighted by Gasteiger charge is -2.19. The number of anilines is 2. The van der Waals surface area contributed by atoms with Crippen LogP contribution in [0, 0.1) is 23.7 Å². The summed E-state index contributed by atoms with van der Waals surface area (Å²) in [5, 5.41) is 11.6. The van der Waals surface area contributed by atoms with E-state index in [1.165, 1.54) is 30.5 Å². The third kappa shape index (κ3) is 5.23. The van der Waals surface area contributed by atoms with E-state index in [1.807, 2.05) is 13.8 Å². The summed E-state index contributed by atoms with van der Waals surface area (Å²) in [6.07, 6.45) is 3.95. The fraction of sp³-hybridized carbons (Fsp3) is 0.300. The summed E-state index contributed by atoms with van der Waals surface area (Å²) in [5.74, 6) is 2.69. The molecule has 7 heteroatoms. The number of halogens is 3. The number of terminal acetylenes is 1. The first-order valence-electron chi connectivity index (χ1n) is 8.46. The van der Waals surface area contributed by atoms with Gasteiger partial charge in [0, 0.05) is 29.1 Å². The summed E-state index contributed by atoms with van der Waals surface area (Å²) in [4.78, 5) is 4.28. The quantitative estimate of drug-likeness (QED) is 0.496. The van der Waals surface area contributed by atoms with Gasteiger partial charge in [-0.2, -0.15) is 0 Å². The molecule has 0 amide bonds. The zero-order valence-electron chi connectivity index (χ0n) is 15.0. The van der Waals surface area contributed by atoms with Crippen LogP contribution in [0.2, 0.25) is 0 Å². The molecule has 0 radical (unpaired) electrons. The van der Waals surface area contributed by atoms with Crippen molar-refractivity contribution in [1.82, 2.24) is 4.98 Å². The van der Waals surface area contributed by atoms with Crippen LogP contribution in [0.4, 0.5) is 24.7 Å². The molecule has 0 fully saturated rings. The summed E-state index contributed by atoms with van der Waals surface area (Å²) in [6, 6.07) is 6.95. The van der Waals surface area contributed by atoms with Gasteiger partial charge in [0.05, 0.1) is 5.56 Å². The normalized spacial score (nSPS) is 11.1. The zero-order chi connectivity index (χ0) is 20.0. The third-order valence-electron chi connectivity index (χ3n) is 4.12. The molecule has 0 aliphatic rings. The van der Waals surface area contributed by atoms with Crippen molar-refractivity contribution in [2.75, 3.05) is 5.32 Å². The minimum Gasteiger partial charge on any atom is -0.406 e. The second-order valence-electron chi connectivity index (χ2n) is 5.85. The Labute approximate surface area is 156 Å². The molecule has 2 N–H and O–H groups in total. The molecule has 0 saturated carbocycles. The molecule has 2 aromatic rings. The number of hydrogen-bond acceptors (Lipinski definition) is 4. The van der Waals surface area contributed by atoms with Crippen molar-refractivity contribution in [1.29, 1.82) is 5.41 Å². The largest absolute Gasteiger partial charge is 0.573 e. The van der Waals surface area contributed by atoms with Gasteiger partial charge in [-0.3, -0.25) is 0 Å². The number of benzene rings is 1. The first kappa shape index (κ1) is 20.3. The van der Waals surface area contributed by atoms with E-state index < -0.39 is 6.36 Å².